The van der Waals surface area contributed by atoms with Gasteiger partial charge >= 0.3 is 17.9 Å². The van der Waals surface area contributed by atoms with Gasteiger partial charge in [0.15, 0.2) is 6.10 Å². The lowest BCUT2D eigenvalue weighted by Crippen LogP contribution is -2.30. The monoisotopic (exact) mass is 877 g/mol. The molecule has 0 spiro atoms. The van der Waals surface area contributed by atoms with E-state index in [2.05, 4.69) is 106 Å². The number of rotatable bonds is 46. The largest absolute Gasteiger partial charge is 0.462 e. The van der Waals surface area contributed by atoms with E-state index >= 15 is 0 Å². The second-order valence-corrected chi connectivity index (χ2v) is 17.1. The zero-order chi connectivity index (χ0) is 45.8. The number of unbranched alkanes of at least 4 members (excludes halogenated alkanes) is 21. The van der Waals surface area contributed by atoms with Crippen LogP contribution in [-0.2, 0) is 28.6 Å². The van der Waals surface area contributed by atoms with Crippen molar-refractivity contribution in [1.82, 2.24) is 0 Å². The molecule has 0 aromatic rings. The van der Waals surface area contributed by atoms with Gasteiger partial charge in [0, 0.05) is 19.3 Å². The Kier molecular flexibility index (Phi) is 48.5. The Labute approximate surface area is 388 Å². The van der Waals surface area contributed by atoms with E-state index in [9.17, 15) is 14.4 Å². The van der Waals surface area contributed by atoms with Crippen LogP contribution in [0.25, 0.3) is 0 Å². The van der Waals surface area contributed by atoms with Crippen LogP contribution in [-0.4, -0.2) is 37.2 Å². The van der Waals surface area contributed by atoms with Crippen molar-refractivity contribution in [2.24, 2.45) is 0 Å². The summed E-state index contributed by atoms with van der Waals surface area (Å²) in [4.78, 5) is 37.7. The van der Waals surface area contributed by atoms with E-state index in [0.29, 0.717) is 19.3 Å². The highest BCUT2D eigenvalue weighted by atomic mass is 16.6. The van der Waals surface area contributed by atoms with Crippen LogP contribution in [0.5, 0.6) is 0 Å². The maximum atomic E-state index is 12.7. The van der Waals surface area contributed by atoms with Crippen LogP contribution >= 0.6 is 0 Å². The van der Waals surface area contributed by atoms with Crippen LogP contribution in [0, 0.1) is 0 Å². The molecule has 6 nitrogen and oxygen atoms in total. The second kappa shape index (κ2) is 51.2. The molecule has 0 amide bonds. The van der Waals surface area contributed by atoms with Crippen molar-refractivity contribution in [3.05, 3.63) is 85.1 Å². The molecular weight excluding hydrogens is 781 g/mol. The number of ether oxygens (including phenoxy) is 3. The third-order valence-corrected chi connectivity index (χ3v) is 10.9. The molecule has 6 heteroatoms. The lowest BCUT2D eigenvalue weighted by atomic mass is 10.1. The van der Waals surface area contributed by atoms with E-state index in [1.165, 1.54) is 96.3 Å². The topological polar surface area (TPSA) is 78.9 Å². The van der Waals surface area contributed by atoms with Gasteiger partial charge in [-0.15, -0.1) is 0 Å². The van der Waals surface area contributed by atoms with Gasteiger partial charge < -0.3 is 14.2 Å². The summed E-state index contributed by atoms with van der Waals surface area (Å²) in [6.45, 7) is 6.39. The fraction of sp³-hybridized carbons (Fsp3) is 0.702. The van der Waals surface area contributed by atoms with E-state index in [4.69, 9.17) is 14.2 Å². The van der Waals surface area contributed by atoms with E-state index in [0.717, 1.165) is 103 Å². The molecule has 1 atom stereocenters. The highest BCUT2D eigenvalue weighted by Crippen LogP contribution is 2.14. The van der Waals surface area contributed by atoms with Gasteiger partial charge in [-0.2, -0.15) is 0 Å². The molecule has 0 aromatic heterocycles. The lowest BCUT2D eigenvalue weighted by molar-refractivity contribution is -0.167. The van der Waals surface area contributed by atoms with Crippen molar-refractivity contribution in [1.29, 1.82) is 0 Å². The van der Waals surface area contributed by atoms with Crippen molar-refractivity contribution in [3.63, 3.8) is 0 Å². The number of hydrogen-bond acceptors (Lipinski definition) is 6. The molecule has 0 aliphatic rings. The SMILES string of the molecule is CC/C=C\C/C=C\C/C=C\C/C=C\C/C=C\C/C=C\CCCCC(=O)OCC(COC(=O)CCCCCCC)OC(=O)CCCCCCCCCCC/C=C\CCCCCCCC. The van der Waals surface area contributed by atoms with Crippen molar-refractivity contribution < 1.29 is 28.6 Å². The molecule has 0 aromatic carbocycles. The Balaban J connectivity index is 4.25. The standard InChI is InChI=1S/C57H96O6/c1-4-7-10-13-15-17-19-21-23-25-27-28-30-31-33-35-37-39-41-44-47-50-56(59)62-53-54(52-61-55(58)49-46-43-12-9-6-3)63-57(60)51-48-45-42-40-38-36-34-32-29-26-24-22-20-18-16-14-11-8-5-2/h7,10,15,17,21-24,27-28,31,33,37,39,54H,4-6,8-9,11-14,16,18-20,25-26,29-30,32,34-36,38,40-53H2,1-3H3/b10-7-,17-15-,23-21-,24-22-,28-27-,33-31-,39-37-. The third kappa shape index (κ3) is 49.5. The first-order chi connectivity index (χ1) is 31.0. The molecule has 0 fully saturated rings. The molecule has 360 valence electrons. The number of esters is 3. The summed E-state index contributed by atoms with van der Waals surface area (Å²) in [6, 6.07) is 0. The van der Waals surface area contributed by atoms with E-state index in [1.54, 1.807) is 0 Å². The minimum absolute atomic E-state index is 0.0923. The summed E-state index contributed by atoms with van der Waals surface area (Å²) >= 11 is 0. The first-order valence-corrected chi connectivity index (χ1v) is 26.1. The van der Waals surface area contributed by atoms with Crippen molar-refractivity contribution in [2.75, 3.05) is 13.2 Å². The Morgan fingerprint density at radius 1 is 0.333 bits per heavy atom. The minimum atomic E-state index is -0.791. The van der Waals surface area contributed by atoms with Crippen LogP contribution < -0.4 is 0 Å². The Morgan fingerprint density at radius 2 is 0.619 bits per heavy atom. The maximum absolute atomic E-state index is 12.7. The smallest absolute Gasteiger partial charge is 0.306 e. The second-order valence-electron chi connectivity index (χ2n) is 17.1. The number of carbonyl (C=O) groups is 3. The first kappa shape index (κ1) is 59.6. The molecule has 1 unspecified atom stereocenters. The zero-order valence-electron chi connectivity index (χ0n) is 41.1. The normalized spacial score (nSPS) is 12.7. The van der Waals surface area contributed by atoms with Crippen LogP contribution in [0.3, 0.4) is 0 Å². The quantitative estimate of drug-likeness (QED) is 0.0262. The van der Waals surface area contributed by atoms with Gasteiger partial charge in [-0.05, 0) is 96.3 Å². The van der Waals surface area contributed by atoms with E-state index in [-0.39, 0.29) is 31.1 Å². The summed E-state index contributed by atoms with van der Waals surface area (Å²) in [7, 11) is 0. The molecule has 0 saturated carbocycles. The van der Waals surface area contributed by atoms with Gasteiger partial charge in [-0.3, -0.25) is 14.4 Å². The highest BCUT2D eigenvalue weighted by Gasteiger charge is 2.19. The molecule has 0 heterocycles. The molecular formula is C57H96O6. The molecule has 0 saturated heterocycles. The van der Waals surface area contributed by atoms with Gasteiger partial charge in [0.1, 0.15) is 13.2 Å². The summed E-state index contributed by atoms with van der Waals surface area (Å²) in [6.07, 6.45) is 66.1. The Morgan fingerprint density at radius 3 is 1.02 bits per heavy atom. The lowest BCUT2D eigenvalue weighted by Gasteiger charge is -2.18. The van der Waals surface area contributed by atoms with Crippen LogP contribution in [0.2, 0.25) is 0 Å². The molecule has 0 bridgehead atoms. The van der Waals surface area contributed by atoms with Gasteiger partial charge in [0.2, 0.25) is 0 Å². The fourth-order valence-corrected chi connectivity index (χ4v) is 6.97. The van der Waals surface area contributed by atoms with Crippen LogP contribution in [0.15, 0.2) is 85.1 Å². The molecule has 0 aliphatic heterocycles. The summed E-state index contributed by atoms with van der Waals surface area (Å²) in [5.41, 5.74) is 0. The number of allylic oxidation sites excluding steroid dienone is 14. The average Bonchev–Trinajstić information content (AvgIpc) is 3.28. The van der Waals surface area contributed by atoms with E-state index < -0.39 is 6.10 Å². The van der Waals surface area contributed by atoms with E-state index in [1.807, 2.05) is 0 Å². The van der Waals surface area contributed by atoms with Crippen LogP contribution in [0.4, 0.5) is 0 Å². The van der Waals surface area contributed by atoms with Crippen molar-refractivity contribution >= 4 is 17.9 Å². The summed E-state index contributed by atoms with van der Waals surface area (Å²) in [5.74, 6) is -0.954. The number of hydrogen-bond donors (Lipinski definition) is 0. The van der Waals surface area contributed by atoms with Gasteiger partial charge in [0.25, 0.3) is 0 Å². The molecule has 63 heavy (non-hydrogen) atoms. The third-order valence-electron chi connectivity index (χ3n) is 10.9. The maximum Gasteiger partial charge on any atom is 0.306 e. The predicted molar refractivity (Wildman–Crippen MR) is 270 cm³/mol. The van der Waals surface area contributed by atoms with Crippen LogP contribution in [0.1, 0.15) is 239 Å². The summed E-state index contributed by atoms with van der Waals surface area (Å²) in [5, 5.41) is 0. The predicted octanol–water partition coefficient (Wildman–Crippen LogP) is 17.2. The first-order valence-electron chi connectivity index (χ1n) is 26.1. The molecule has 0 radical (unpaired) electrons. The van der Waals surface area contributed by atoms with Crippen molar-refractivity contribution in [2.45, 2.75) is 245 Å². The van der Waals surface area contributed by atoms with Gasteiger partial charge in [-0.25, -0.2) is 0 Å². The fourth-order valence-electron chi connectivity index (χ4n) is 6.97. The average molecular weight is 877 g/mol. The Bertz CT molecular complexity index is 1240. The molecule has 0 aliphatic carbocycles. The minimum Gasteiger partial charge on any atom is -0.462 e. The zero-order valence-corrected chi connectivity index (χ0v) is 41.1. The number of carbonyl (C=O) groups excluding carboxylic acids is 3. The highest BCUT2D eigenvalue weighted by molar-refractivity contribution is 5.71. The molecule has 0 rings (SSSR count). The summed E-state index contributed by atoms with van der Waals surface area (Å²) < 4.78 is 16.6. The Hall–Kier alpha value is -3.41. The van der Waals surface area contributed by atoms with Gasteiger partial charge in [0.05, 0.1) is 0 Å². The molecule has 0 N–H and O–H groups in total. The van der Waals surface area contributed by atoms with Crippen molar-refractivity contribution in [3.8, 4) is 0 Å². The van der Waals surface area contributed by atoms with Gasteiger partial charge in [-0.1, -0.05) is 209 Å².